The molecule has 0 radical (unpaired) electrons. The van der Waals surface area contributed by atoms with Crippen LogP contribution in [0.4, 0.5) is 4.39 Å². The molecule has 2 aromatic carbocycles. The lowest BCUT2D eigenvalue weighted by molar-refractivity contribution is 0.0948. The molecule has 0 bridgehead atoms. The van der Waals surface area contributed by atoms with Gasteiger partial charge < -0.3 is 19.3 Å². The van der Waals surface area contributed by atoms with Crippen molar-refractivity contribution in [2.45, 2.75) is 6.92 Å². The Balaban J connectivity index is 1.51. The summed E-state index contributed by atoms with van der Waals surface area (Å²) in [6.07, 6.45) is 0. The van der Waals surface area contributed by atoms with E-state index in [1.54, 1.807) is 38.3 Å². The predicted molar refractivity (Wildman–Crippen MR) is 113 cm³/mol. The molecule has 0 aliphatic rings. The standard InChI is InChI=1S/C23H20FN3O4/c1-14-21-19(22(28)25-10-11-30-18-5-3-4-17(12-18)29-2)13-20(26-23(21)31-27-14)15-6-8-16(24)9-7-15/h3-9,12-13H,10-11H2,1-2H3,(H,25,28). The molecule has 1 amide bonds. The smallest absolute Gasteiger partial charge is 0.259 e. The van der Waals surface area contributed by atoms with Crippen LogP contribution in [0.5, 0.6) is 11.5 Å². The number of benzene rings is 2. The number of aryl methyl sites for hydroxylation is 1. The number of carbonyl (C=O) groups is 1. The third kappa shape index (κ3) is 4.48. The molecule has 0 aliphatic heterocycles. The zero-order valence-electron chi connectivity index (χ0n) is 17.0. The molecule has 2 aromatic heterocycles. The summed E-state index contributed by atoms with van der Waals surface area (Å²) in [5.41, 5.74) is 2.33. The van der Waals surface area contributed by atoms with Crippen molar-refractivity contribution in [2.24, 2.45) is 0 Å². The quantitative estimate of drug-likeness (QED) is 0.451. The molecule has 0 unspecified atom stereocenters. The van der Waals surface area contributed by atoms with E-state index in [4.69, 9.17) is 14.0 Å². The molecule has 0 saturated carbocycles. The van der Waals surface area contributed by atoms with Gasteiger partial charge in [0.2, 0.25) is 0 Å². The van der Waals surface area contributed by atoms with E-state index >= 15 is 0 Å². The van der Waals surface area contributed by atoms with E-state index in [-0.39, 0.29) is 30.6 Å². The lowest BCUT2D eigenvalue weighted by atomic mass is 10.1. The maximum Gasteiger partial charge on any atom is 0.259 e. The number of aromatic nitrogens is 2. The number of halogens is 1. The van der Waals surface area contributed by atoms with Crippen LogP contribution in [0.3, 0.4) is 0 Å². The van der Waals surface area contributed by atoms with Crippen molar-refractivity contribution < 1.29 is 23.2 Å². The molecule has 4 aromatic rings. The minimum Gasteiger partial charge on any atom is -0.497 e. The van der Waals surface area contributed by atoms with E-state index in [9.17, 15) is 9.18 Å². The van der Waals surface area contributed by atoms with Crippen molar-refractivity contribution in [3.63, 3.8) is 0 Å². The molecular formula is C23H20FN3O4. The summed E-state index contributed by atoms with van der Waals surface area (Å²) in [5.74, 6) is 0.677. The number of hydrogen-bond donors (Lipinski definition) is 1. The fourth-order valence-electron chi connectivity index (χ4n) is 3.16. The van der Waals surface area contributed by atoms with Gasteiger partial charge in [-0.3, -0.25) is 4.79 Å². The molecule has 8 heteroatoms. The van der Waals surface area contributed by atoms with Crippen molar-refractivity contribution in [2.75, 3.05) is 20.3 Å². The second kappa shape index (κ2) is 8.83. The molecule has 158 valence electrons. The van der Waals surface area contributed by atoms with Crippen LogP contribution in [0.1, 0.15) is 16.1 Å². The second-order valence-corrected chi connectivity index (χ2v) is 6.79. The largest absolute Gasteiger partial charge is 0.497 e. The van der Waals surface area contributed by atoms with Gasteiger partial charge in [-0.15, -0.1) is 0 Å². The van der Waals surface area contributed by atoms with Gasteiger partial charge in [0.05, 0.1) is 36.0 Å². The van der Waals surface area contributed by atoms with E-state index < -0.39 is 0 Å². The third-order valence-electron chi connectivity index (χ3n) is 4.70. The van der Waals surface area contributed by atoms with Gasteiger partial charge in [-0.2, -0.15) is 0 Å². The Kier molecular flexibility index (Phi) is 5.79. The first-order chi connectivity index (χ1) is 15.0. The maximum absolute atomic E-state index is 13.3. The van der Waals surface area contributed by atoms with Gasteiger partial charge in [0.15, 0.2) is 0 Å². The summed E-state index contributed by atoms with van der Waals surface area (Å²) in [4.78, 5) is 17.3. The lowest BCUT2D eigenvalue weighted by Crippen LogP contribution is -2.28. The fourth-order valence-corrected chi connectivity index (χ4v) is 3.16. The first-order valence-corrected chi connectivity index (χ1v) is 9.63. The highest BCUT2D eigenvalue weighted by Gasteiger charge is 2.19. The number of nitrogens with zero attached hydrogens (tertiary/aromatic N) is 2. The number of carbonyl (C=O) groups excluding carboxylic acids is 1. The Bertz CT molecular complexity index is 1220. The number of amides is 1. The highest BCUT2D eigenvalue weighted by atomic mass is 19.1. The van der Waals surface area contributed by atoms with E-state index in [2.05, 4.69) is 15.5 Å². The number of pyridine rings is 1. The van der Waals surface area contributed by atoms with Crippen molar-refractivity contribution >= 4 is 17.0 Å². The van der Waals surface area contributed by atoms with E-state index in [0.717, 1.165) is 0 Å². The summed E-state index contributed by atoms with van der Waals surface area (Å²) in [5, 5.41) is 7.31. The van der Waals surface area contributed by atoms with Crippen LogP contribution in [-0.4, -0.2) is 36.3 Å². The van der Waals surface area contributed by atoms with E-state index in [1.165, 1.54) is 12.1 Å². The Labute approximate surface area is 177 Å². The Morgan fingerprint density at radius 1 is 1.13 bits per heavy atom. The van der Waals surface area contributed by atoms with Gasteiger partial charge in [-0.25, -0.2) is 9.37 Å². The molecule has 4 rings (SSSR count). The van der Waals surface area contributed by atoms with Crippen molar-refractivity contribution in [3.8, 4) is 22.8 Å². The Morgan fingerprint density at radius 3 is 2.68 bits per heavy atom. The van der Waals surface area contributed by atoms with Crippen molar-refractivity contribution in [1.82, 2.24) is 15.5 Å². The maximum atomic E-state index is 13.3. The molecule has 0 atom stereocenters. The first kappa shape index (κ1) is 20.3. The normalized spacial score (nSPS) is 10.8. The molecule has 0 spiro atoms. The van der Waals surface area contributed by atoms with Gasteiger partial charge in [-0.05, 0) is 49.4 Å². The van der Waals surface area contributed by atoms with Gasteiger partial charge in [0.1, 0.15) is 23.9 Å². The zero-order chi connectivity index (χ0) is 21.8. The minimum atomic E-state index is -0.352. The predicted octanol–water partition coefficient (Wildman–Crippen LogP) is 4.15. The van der Waals surface area contributed by atoms with E-state index in [1.807, 2.05) is 18.2 Å². The summed E-state index contributed by atoms with van der Waals surface area (Å²) in [7, 11) is 1.59. The number of hydrogen-bond acceptors (Lipinski definition) is 6. The first-order valence-electron chi connectivity index (χ1n) is 9.63. The topological polar surface area (TPSA) is 86.5 Å². The Hall–Kier alpha value is -3.94. The average molecular weight is 421 g/mol. The molecule has 2 heterocycles. The number of rotatable bonds is 7. The summed E-state index contributed by atoms with van der Waals surface area (Å²) < 4.78 is 29.4. The fraction of sp³-hybridized carbons (Fsp3) is 0.174. The monoisotopic (exact) mass is 421 g/mol. The average Bonchev–Trinajstić information content (AvgIpc) is 3.17. The van der Waals surface area contributed by atoms with Crippen LogP contribution in [0.2, 0.25) is 0 Å². The SMILES string of the molecule is COc1cccc(OCCNC(=O)c2cc(-c3ccc(F)cc3)nc3onc(C)c23)c1. The van der Waals surface area contributed by atoms with Crippen LogP contribution in [0.15, 0.2) is 59.1 Å². The van der Waals surface area contributed by atoms with Crippen LogP contribution in [0.25, 0.3) is 22.4 Å². The van der Waals surface area contributed by atoms with Crippen LogP contribution >= 0.6 is 0 Å². The van der Waals surface area contributed by atoms with Crippen LogP contribution < -0.4 is 14.8 Å². The summed E-state index contributed by atoms with van der Waals surface area (Å²) in [6.45, 7) is 2.31. The van der Waals surface area contributed by atoms with Crippen LogP contribution in [-0.2, 0) is 0 Å². The van der Waals surface area contributed by atoms with Gasteiger partial charge >= 0.3 is 0 Å². The summed E-state index contributed by atoms with van der Waals surface area (Å²) in [6, 6.07) is 14.7. The highest BCUT2D eigenvalue weighted by molar-refractivity contribution is 6.07. The molecule has 31 heavy (non-hydrogen) atoms. The lowest BCUT2D eigenvalue weighted by Gasteiger charge is -2.10. The molecule has 7 nitrogen and oxygen atoms in total. The molecule has 1 N–H and O–H groups in total. The van der Waals surface area contributed by atoms with E-state index in [0.29, 0.717) is 39.4 Å². The molecule has 0 saturated heterocycles. The van der Waals surface area contributed by atoms with Crippen molar-refractivity contribution in [3.05, 3.63) is 71.7 Å². The molecule has 0 fully saturated rings. The minimum absolute atomic E-state index is 0.247. The number of fused-ring (bicyclic) bond motifs is 1. The highest BCUT2D eigenvalue weighted by Crippen LogP contribution is 2.27. The second-order valence-electron chi connectivity index (χ2n) is 6.79. The third-order valence-corrected chi connectivity index (χ3v) is 4.70. The van der Waals surface area contributed by atoms with Gasteiger partial charge in [0, 0.05) is 11.6 Å². The zero-order valence-corrected chi connectivity index (χ0v) is 17.0. The Morgan fingerprint density at radius 2 is 1.90 bits per heavy atom. The van der Waals surface area contributed by atoms with Gasteiger partial charge in [-0.1, -0.05) is 11.2 Å². The number of nitrogens with one attached hydrogen (secondary N) is 1. The molecular weight excluding hydrogens is 401 g/mol. The van der Waals surface area contributed by atoms with Crippen molar-refractivity contribution in [1.29, 1.82) is 0 Å². The summed E-state index contributed by atoms with van der Waals surface area (Å²) >= 11 is 0. The van der Waals surface area contributed by atoms with Gasteiger partial charge in [0.25, 0.3) is 11.6 Å². The number of methoxy groups -OCH3 is 1. The van der Waals surface area contributed by atoms with Crippen LogP contribution in [0, 0.1) is 12.7 Å². The number of ether oxygens (including phenoxy) is 2. The molecule has 0 aliphatic carbocycles.